The molecule has 0 aliphatic rings. The molecule has 0 atom stereocenters. The molecule has 0 radical (unpaired) electrons. The second-order valence-corrected chi connectivity index (χ2v) is 11.5. The Balaban J connectivity index is 2.00. The summed E-state index contributed by atoms with van der Waals surface area (Å²) >= 11 is 0. The molecule has 3 aromatic carbocycles. The smallest absolute Gasteiger partial charge is 0.294 e. The molecule has 0 bridgehead atoms. The van der Waals surface area contributed by atoms with Gasteiger partial charge in [0, 0.05) is 10.8 Å². The molecule has 0 saturated carbocycles. The summed E-state index contributed by atoms with van der Waals surface area (Å²) in [4.78, 5) is 9.56. The van der Waals surface area contributed by atoms with E-state index in [0.29, 0.717) is 33.7 Å². The van der Waals surface area contributed by atoms with Gasteiger partial charge in [0.1, 0.15) is 23.3 Å². The van der Waals surface area contributed by atoms with Gasteiger partial charge in [-0.2, -0.15) is 18.4 Å². The molecule has 0 aliphatic carbocycles. The quantitative estimate of drug-likeness (QED) is 0.241. The van der Waals surface area contributed by atoms with Crippen molar-refractivity contribution in [2.24, 2.45) is 0 Å². The first-order chi connectivity index (χ1) is 17.7. The van der Waals surface area contributed by atoms with E-state index in [4.69, 9.17) is 9.97 Å². The van der Waals surface area contributed by atoms with Crippen molar-refractivity contribution in [2.45, 2.75) is 58.5 Å². The van der Waals surface area contributed by atoms with Crippen molar-refractivity contribution in [1.29, 1.82) is 5.26 Å². The van der Waals surface area contributed by atoms with Crippen LogP contribution in [0.5, 0.6) is 0 Å². The van der Waals surface area contributed by atoms with Crippen LogP contribution < -0.4 is 0 Å². The van der Waals surface area contributed by atoms with Gasteiger partial charge in [0.25, 0.3) is 0 Å². The molecule has 5 aromatic rings. The first-order valence-electron chi connectivity index (χ1n) is 12.3. The average molecular weight is 516 g/mol. The topological polar surface area (TPSA) is 59.4 Å². The van der Waals surface area contributed by atoms with E-state index in [0.717, 1.165) is 12.1 Å². The van der Waals surface area contributed by atoms with E-state index in [2.05, 4.69) is 6.07 Å². The van der Waals surface area contributed by atoms with Crippen molar-refractivity contribution in [3.8, 4) is 17.4 Å². The molecule has 2 heterocycles. The molecule has 8 heteroatoms. The summed E-state index contributed by atoms with van der Waals surface area (Å²) in [5.74, 6) is 1.12. The van der Waals surface area contributed by atoms with Crippen LogP contribution in [0.15, 0.2) is 60.7 Å². The molecular weight excluding hydrogens is 487 g/mol. The minimum Gasteiger partial charge on any atom is -0.294 e. The predicted octanol–water partition coefficient (Wildman–Crippen LogP) is 7.85. The number of hydrogen-bond donors (Lipinski definition) is 0. The Labute approximate surface area is 219 Å². The highest BCUT2D eigenvalue weighted by Gasteiger charge is 2.35. The zero-order chi connectivity index (χ0) is 27.6. The average Bonchev–Trinajstić information content (AvgIpc) is 3.42. The van der Waals surface area contributed by atoms with Crippen molar-refractivity contribution in [1.82, 2.24) is 19.1 Å². The summed E-state index contributed by atoms with van der Waals surface area (Å²) in [6, 6.07) is 18.9. The van der Waals surface area contributed by atoms with Crippen molar-refractivity contribution in [2.75, 3.05) is 0 Å². The fourth-order valence-corrected chi connectivity index (χ4v) is 4.79. The van der Waals surface area contributed by atoms with Crippen LogP contribution in [0.1, 0.15) is 64.3 Å². The van der Waals surface area contributed by atoms with E-state index in [1.807, 2.05) is 90.1 Å². The maximum absolute atomic E-state index is 14.4. The third-order valence-corrected chi connectivity index (χ3v) is 6.48. The zero-order valence-electron chi connectivity index (χ0n) is 22.1. The summed E-state index contributed by atoms with van der Waals surface area (Å²) in [7, 11) is 0. The Hall–Kier alpha value is -4.12. The Morgan fingerprint density at radius 2 is 1.08 bits per heavy atom. The number of rotatable bonds is 2. The van der Waals surface area contributed by atoms with Crippen LogP contribution in [0, 0.1) is 11.3 Å². The lowest BCUT2D eigenvalue weighted by Gasteiger charge is -2.25. The molecular formula is C30H28F3N5. The fraction of sp³-hybridized carbons (Fsp3) is 0.300. The third-order valence-electron chi connectivity index (χ3n) is 6.48. The van der Waals surface area contributed by atoms with Gasteiger partial charge in [0.2, 0.25) is 0 Å². The van der Waals surface area contributed by atoms with Gasteiger partial charge in [-0.15, -0.1) is 0 Å². The molecule has 0 aliphatic heterocycles. The number of aromatic nitrogens is 4. The first-order valence-corrected chi connectivity index (χ1v) is 12.3. The molecule has 194 valence electrons. The van der Waals surface area contributed by atoms with Crippen LogP contribution in [0.4, 0.5) is 13.2 Å². The van der Waals surface area contributed by atoms with E-state index in [1.54, 1.807) is 9.13 Å². The number of halogens is 3. The van der Waals surface area contributed by atoms with Gasteiger partial charge in [0.15, 0.2) is 0 Å². The number of imidazole rings is 2. The number of fused-ring (bicyclic) bond motifs is 2. The maximum atomic E-state index is 14.4. The van der Waals surface area contributed by atoms with Crippen LogP contribution in [0.2, 0.25) is 0 Å². The highest BCUT2D eigenvalue weighted by Crippen LogP contribution is 2.40. The number of nitrogens with zero attached hydrogens (tertiary/aromatic N) is 5. The van der Waals surface area contributed by atoms with Crippen LogP contribution in [-0.4, -0.2) is 19.1 Å². The van der Waals surface area contributed by atoms with Crippen molar-refractivity contribution in [3.63, 3.8) is 0 Å². The lowest BCUT2D eigenvalue weighted by atomic mass is 9.94. The minimum absolute atomic E-state index is 0.111. The second-order valence-electron chi connectivity index (χ2n) is 11.5. The first kappa shape index (κ1) is 25.5. The van der Waals surface area contributed by atoms with Crippen LogP contribution >= 0.6 is 0 Å². The number of para-hydroxylation sites is 4. The lowest BCUT2D eigenvalue weighted by molar-refractivity contribution is -0.137. The van der Waals surface area contributed by atoms with Gasteiger partial charge in [-0.3, -0.25) is 9.13 Å². The molecule has 38 heavy (non-hydrogen) atoms. The van der Waals surface area contributed by atoms with Gasteiger partial charge in [0.05, 0.1) is 39.0 Å². The molecule has 0 spiro atoms. The lowest BCUT2D eigenvalue weighted by Crippen LogP contribution is -2.21. The summed E-state index contributed by atoms with van der Waals surface area (Å²) in [5.41, 5.74) is 1.04. The van der Waals surface area contributed by atoms with Gasteiger partial charge in [-0.25, -0.2) is 9.97 Å². The fourth-order valence-electron chi connectivity index (χ4n) is 4.79. The van der Waals surface area contributed by atoms with E-state index in [9.17, 15) is 18.4 Å². The summed E-state index contributed by atoms with van der Waals surface area (Å²) < 4.78 is 46.7. The SMILES string of the molecule is CC(C)(C)c1nc2ccccc2n1-c1cc(C(F)(F)F)cc(-n2c(C(C)(C)C)nc3ccccc32)c1C#N. The highest BCUT2D eigenvalue weighted by atomic mass is 19.4. The number of hydrogen-bond acceptors (Lipinski definition) is 3. The monoisotopic (exact) mass is 515 g/mol. The minimum atomic E-state index is -4.64. The molecule has 0 amide bonds. The Bertz CT molecular complexity index is 1620. The van der Waals surface area contributed by atoms with Crippen LogP contribution in [0.3, 0.4) is 0 Å². The van der Waals surface area contributed by atoms with E-state index in [1.165, 1.54) is 0 Å². The molecule has 5 rings (SSSR count). The van der Waals surface area contributed by atoms with E-state index < -0.39 is 22.6 Å². The predicted molar refractivity (Wildman–Crippen MR) is 143 cm³/mol. The summed E-state index contributed by atoms with van der Waals surface area (Å²) in [6.45, 7) is 11.7. The number of benzene rings is 3. The Morgan fingerprint density at radius 1 is 0.684 bits per heavy atom. The van der Waals surface area contributed by atoms with Gasteiger partial charge < -0.3 is 0 Å². The molecule has 5 nitrogen and oxygen atoms in total. The Morgan fingerprint density at radius 3 is 1.42 bits per heavy atom. The molecule has 0 saturated heterocycles. The Kier molecular flexibility index (Phi) is 5.68. The largest absolute Gasteiger partial charge is 0.416 e. The van der Waals surface area contributed by atoms with Gasteiger partial charge in [-0.05, 0) is 36.4 Å². The van der Waals surface area contributed by atoms with Gasteiger partial charge in [-0.1, -0.05) is 65.8 Å². The van der Waals surface area contributed by atoms with Crippen LogP contribution in [0.25, 0.3) is 33.4 Å². The summed E-state index contributed by atoms with van der Waals surface area (Å²) in [5, 5.41) is 10.5. The normalized spacial score (nSPS) is 12.8. The molecule has 0 N–H and O–H groups in total. The van der Waals surface area contributed by atoms with Crippen LogP contribution in [-0.2, 0) is 17.0 Å². The van der Waals surface area contributed by atoms with E-state index in [-0.39, 0.29) is 16.9 Å². The number of alkyl halides is 3. The van der Waals surface area contributed by atoms with Crippen molar-refractivity contribution in [3.05, 3.63) is 83.4 Å². The van der Waals surface area contributed by atoms with Gasteiger partial charge >= 0.3 is 6.18 Å². The van der Waals surface area contributed by atoms with Crippen molar-refractivity contribution >= 4 is 22.1 Å². The van der Waals surface area contributed by atoms with Crippen molar-refractivity contribution < 1.29 is 13.2 Å². The maximum Gasteiger partial charge on any atom is 0.416 e. The second kappa shape index (κ2) is 8.45. The van der Waals surface area contributed by atoms with E-state index >= 15 is 0 Å². The highest BCUT2D eigenvalue weighted by molar-refractivity contribution is 5.83. The molecule has 2 aromatic heterocycles. The molecule has 0 unspecified atom stereocenters. The summed E-state index contributed by atoms with van der Waals surface area (Å²) in [6.07, 6.45) is -4.64. The standard InChI is InChI=1S/C30H28F3N5/c1-28(2,3)26-35-20-11-7-9-13-22(20)37(26)24-15-18(30(31,32)33)16-25(19(24)17-34)38-23-14-10-8-12-21(23)36-27(38)29(4,5)6/h7-16H,1-6H3. The molecule has 0 fully saturated rings. The number of nitriles is 1. The third kappa shape index (κ3) is 4.12. The zero-order valence-corrected chi connectivity index (χ0v) is 22.1.